The van der Waals surface area contributed by atoms with Gasteiger partial charge in [-0.2, -0.15) is 0 Å². The number of rotatable bonds is 10. The Kier molecular flexibility index (Phi) is 14.5. The summed E-state index contributed by atoms with van der Waals surface area (Å²) in [6, 6.07) is 53.9. The Labute approximate surface area is 461 Å². The van der Waals surface area contributed by atoms with E-state index in [1.54, 1.807) is 0 Å². The molecule has 0 radical (unpaired) electrons. The second-order valence-corrected chi connectivity index (χ2v) is 26.8. The highest BCUT2D eigenvalue weighted by atomic mass is 16.3. The van der Waals surface area contributed by atoms with Gasteiger partial charge in [-0.05, 0) is 155 Å². The van der Waals surface area contributed by atoms with Gasteiger partial charge in [-0.1, -0.05) is 222 Å². The second-order valence-electron chi connectivity index (χ2n) is 26.8. The minimum absolute atomic E-state index is 0.0827. The maximum absolute atomic E-state index is 12.7. The molecule has 77 heavy (non-hydrogen) atoms. The van der Waals surface area contributed by atoms with Crippen LogP contribution in [0.2, 0.25) is 0 Å². The number of aromatic nitrogens is 3. The number of benzene rings is 7. The molecule has 9 aromatic rings. The first-order valence-electron chi connectivity index (χ1n) is 28.1. The maximum atomic E-state index is 12.7. The lowest BCUT2D eigenvalue weighted by Crippen LogP contribution is -2.17. The smallest absolute Gasteiger partial charge is 0.149 e. The number of nitrogens with zero attached hydrogens (tertiary/aromatic N) is 3. The number of aromatic hydroxyl groups is 1. The van der Waals surface area contributed by atoms with Crippen LogP contribution in [-0.4, -0.2) is 19.6 Å². The normalized spacial score (nSPS) is 12.7. The van der Waals surface area contributed by atoms with E-state index in [2.05, 4.69) is 275 Å². The van der Waals surface area contributed by atoms with Crippen LogP contribution in [0.15, 0.2) is 152 Å². The van der Waals surface area contributed by atoms with E-state index < -0.39 is 0 Å². The highest BCUT2D eigenvalue weighted by molar-refractivity contribution is 5.98. The minimum atomic E-state index is -0.334. The van der Waals surface area contributed by atoms with Crippen LogP contribution in [0, 0.1) is 0 Å². The van der Waals surface area contributed by atoms with Crippen molar-refractivity contribution in [3.05, 3.63) is 191 Å². The zero-order valence-corrected chi connectivity index (χ0v) is 49.5. The maximum Gasteiger partial charge on any atom is 0.149 e. The SMILES string of the molecule is CC(C)c1cc(C(C)C)c(-c2ccc(-c3ccnc(-c4cc(-c5cccc6c5nc(-c5cc(C(C)(C)C)cc(C(C)(C)C)c5O)n6-c5ccc(C(C)(C)C)cc5-c5ccccc5)cc(C(C)(C)C)c4)c3)cc2)c(C(C)C)c1. The lowest BCUT2D eigenvalue weighted by atomic mass is 9.79. The van der Waals surface area contributed by atoms with E-state index in [4.69, 9.17) is 9.97 Å². The molecule has 2 heterocycles. The Morgan fingerprint density at radius 2 is 1.01 bits per heavy atom. The minimum Gasteiger partial charge on any atom is -0.507 e. The summed E-state index contributed by atoms with van der Waals surface area (Å²) in [5.74, 6) is 2.23. The van der Waals surface area contributed by atoms with Crippen molar-refractivity contribution >= 4 is 11.0 Å². The average molecular weight is 1020 g/mol. The number of imidazole rings is 1. The van der Waals surface area contributed by atoms with E-state index in [0.29, 0.717) is 29.1 Å². The van der Waals surface area contributed by atoms with Crippen molar-refractivity contribution in [3.63, 3.8) is 0 Å². The van der Waals surface area contributed by atoms with Crippen LogP contribution in [0.1, 0.15) is 181 Å². The van der Waals surface area contributed by atoms with Crippen molar-refractivity contribution in [2.24, 2.45) is 0 Å². The Hall–Kier alpha value is -7.04. The number of hydrogen-bond donors (Lipinski definition) is 1. The van der Waals surface area contributed by atoms with Crippen molar-refractivity contribution in [3.8, 4) is 78.6 Å². The first-order valence-corrected chi connectivity index (χ1v) is 28.1. The highest BCUT2D eigenvalue weighted by Gasteiger charge is 2.30. The van der Waals surface area contributed by atoms with Crippen LogP contribution in [0.5, 0.6) is 5.75 Å². The fraction of sp³-hybridized carbons (Fsp3) is 0.342. The van der Waals surface area contributed by atoms with Gasteiger partial charge >= 0.3 is 0 Å². The first kappa shape index (κ1) is 54.7. The molecule has 9 rings (SSSR count). The molecule has 0 aliphatic heterocycles. The molecule has 0 unspecified atom stereocenters. The van der Waals surface area contributed by atoms with E-state index >= 15 is 0 Å². The number of para-hydroxylation sites is 1. The Morgan fingerprint density at radius 1 is 0.429 bits per heavy atom. The van der Waals surface area contributed by atoms with E-state index in [9.17, 15) is 5.11 Å². The van der Waals surface area contributed by atoms with Crippen LogP contribution < -0.4 is 0 Å². The molecule has 0 atom stereocenters. The lowest BCUT2D eigenvalue weighted by Gasteiger charge is -2.28. The molecule has 0 amide bonds. The predicted octanol–water partition coefficient (Wildman–Crippen LogP) is 20.7. The molecule has 2 aromatic heterocycles. The molecule has 4 heteroatoms. The van der Waals surface area contributed by atoms with E-state index in [1.807, 2.05) is 6.20 Å². The van der Waals surface area contributed by atoms with Crippen molar-refractivity contribution in [1.82, 2.24) is 14.5 Å². The molecule has 1 N–H and O–H groups in total. The second kappa shape index (κ2) is 20.4. The predicted molar refractivity (Wildman–Crippen MR) is 330 cm³/mol. The third-order valence-electron chi connectivity index (χ3n) is 15.7. The van der Waals surface area contributed by atoms with Gasteiger partial charge < -0.3 is 5.11 Å². The summed E-state index contributed by atoms with van der Waals surface area (Å²) in [6.07, 6.45) is 1.95. The topological polar surface area (TPSA) is 50.9 Å². The van der Waals surface area contributed by atoms with Crippen LogP contribution in [0.25, 0.3) is 83.9 Å². The summed E-state index contributed by atoms with van der Waals surface area (Å²) in [5.41, 5.74) is 22.7. The van der Waals surface area contributed by atoms with E-state index in [1.165, 1.54) is 38.9 Å². The van der Waals surface area contributed by atoms with Gasteiger partial charge in [0.2, 0.25) is 0 Å². The molecule has 0 saturated heterocycles. The zero-order chi connectivity index (χ0) is 55.7. The quantitative estimate of drug-likeness (QED) is 0.149. The number of hydrogen-bond acceptors (Lipinski definition) is 3. The van der Waals surface area contributed by atoms with Crippen LogP contribution >= 0.6 is 0 Å². The molecule has 7 aromatic carbocycles. The summed E-state index contributed by atoms with van der Waals surface area (Å²) in [5, 5.41) is 12.7. The van der Waals surface area contributed by atoms with Gasteiger partial charge in [-0.15, -0.1) is 0 Å². The molecule has 0 fully saturated rings. The molecule has 396 valence electrons. The number of phenolic OH excluding ortho intramolecular Hbond substituents is 1. The summed E-state index contributed by atoms with van der Waals surface area (Å²) in [6.45, 7) is 40.8. The summed E-state index contributed by atoms with van der Waals surface area (Å²) in [7, 11) is 0. The Balaban J connectivity index is 1.25. The molecule has 0 aliphatic rings. The summed E-state index contributed by atoms with van der Waals surface area (Å²) >= 11 is 0. The van der Waals surface area contributed by atoms with Crippen molar-refractivity contribution in [2.75, 3.05) is 0 Å². The van der Waals surface area contributed by atoms with Crippen LogP contribution in [-0.2, 0) is 21.7 Å². The van der Waals surface area contributed by atoms with Gasteiger partial charge in [0.15, 0.2) is 0 Å². The fourth-order valence-corrected chi connectivity index (χ4v) is 10.9. The molecule has 0 aliphatic carbocycles. The summed E-state index contributed by atoms with van der Waals surface area (Å²) in [4.78, 5) is 10.8. The van der Waals surface area contributed by atoms with Crippen molar-refractivity contribution < 1.29 is 5.11 Å². The largest absolute Gasteiger partial charge is 0.507 e. The van der Waals surface area contributed by atoms with Gasteiger partial charge in [-0.3, -0.25) is 9.55 Å². The number of phenols is 1. The Morgan fingerprint density at radius 3 is 1.60 bits per heavy atom. The van der Waals surface area contributed by atoms with Crippen molar-refractivity contribution in [2.45, 2.75) is 164 Å². The zero-order valence-electron chi connectivity index (χ0n) is 49.5. The van der Waals surface area contributed by atoms with Crippen LogP contribution in [0.3, 0.4) is 0 Å². The molecular weight excluding hydrogens is 935 g/mol. The lowest BCUT2D eigenvalue weighted by molar-refractivity contribution is 0.446. The van der Waals surface area contributed by atoms with Crippen molar-refractivity contribution in [1.29, 1.82) is 0 Å². The monoisotopic (exact) mass is 1020 g/mol. The third-order valence-corrected chi connectivity index (χ3v) is 15.7. The summed E-state index contributed by atoms with van der Waals surface area (Å²) < 4.78 is 2.31. The van der Waals surface area contributed by atoms with Crippen LogP contribution in [0.4, 0.5) is 0 Å². The average Bonchev–Trinajstić information content (AvgIpc) is 3.86. The van der Waals surface area contributed by atoms with Gasteiger partial charge in [0.25, 0.3) is 0 Å². The molecule has 0 bridgehead atoms. The molecular formula is C73H83N3O. The highest BCUT2D eigenvalue weighted by Crippen LogP contribution is 2.47. The third kappa shape index (κ3) is 11.0. The molecule has 0 spiro atoms. The van der Waals surface area contributed by atoms with E-state index in [-0.39, 0.29) is 27.4 Å². The standard InChI is InChI=1S/C73H83N3O/c1-44(2)51-38-58(45(3)4)66(59(39-51)46(5)6)49-29-27-47(28-30-49)50-33-34-74-63(40-50)53-35-52(36-55(37-53)71(10,11)12)57-25-22-26-65-67(57)75-69(61-42-56(72(13,14)15)43-62(68(61)77)73(16,17)18)76(65)64-32-31-54(70(7,8)9)41-60(64)48-23-20-19-21-24-48/h19-46,77H,1-18H3. The van der Waals surface area contributed by atoms with Gasteiger partial charge in [0.05, 0.1) is 28.0 Å². The van der Waals surface area contributed by atoms with Gasteiger partial charge in [0, 0.05) is 28.5 Å². The molecule has 4 nitrogen and oxygen atoms in total. The van der Waals surface area contributed by atoms with E-state index in [0.717, 1.165) is 72.5 Å². The van der Waals surface area contributed by atoms with Gasteiger partial charge in [0.1, 0.15) is 11.6 Å². The number of fused-ring (bicyclic) bond motifs is 1. The Bertz CT molecular complexity index is 3600. The number of pyridine rings is 1. The first-order chi connectivity index (χ1) is 36.1. The fourth-order valence-electron chi connectivity index (χ4n) is 10.9. The van der Waals surface area contributed by atoms with Gasteiger partial charge in [-0.25, -0.2) is 4.98 Å². The molecule has 0 saturated carbocycles.